The second kappa shape index (κ2) is 19.1. The van der Waals surface area contributed by atoms with Gasteiger partial charge >= 0.3 is 12.0 Å². The van der Waals surface area contributed by atoms with Gasteiger partial charge in [0.05, 0.1) is 36.7 Å². The van der Waals surface area contributed by atoms with Crippen LogP contribution in [0, 0.1) is 5.41 Å². The summed E-state index contributed by atoms with van der Waals surface area (Å²) in [5.41, 5.74) is 8.96. The third-order valence-electron chi connectivity index (χ3n) is 12.4. The topological polar surface area (TPSA) is 146 Å². The number of methoxy groups -OCH3 is 1. The van der Waals surface area contributed by atoms with Gasteiger partial charge in [0.2, 0.25) is 0 Å². The van der Waals surface area contributed by atoms with Crippen molar-refractivity contribution in [1.29, 1.82) is 0 Å². The smallest absolute Gasteiger partial charge is 0.324 e. The first-order chi connectivity index (χ1) is 29.2. The lowest BCUT2D eigenvalue weighted by molar-refractivity contribution is -0.155. The van der Waals surface area contributed by atoms with E-state index in [4.69, 9.17) is 24.2 Å². The van der Waals surface area contributed by atoms with Crippen LogP contribution in [0.25, 0.3) is 22.2 Å². The van der Waals surface area contributed by atoms with Gasteiger partial charge in [-0.05, 0) is 96.6 Å². The maximum Gasteiger partial charge on any atom is 0.324 e. The number of amides is 3. The van der Waals surface area contributed by atoms with Crippen LogP contribution < -0.4 is 10.7 Å². The average Bonchev–Trinajstić information content (AvgIpc) is 3.85. The number of carbonyl (C=O) groups is 3. The van der Waals surface area contributed by atoms with Crippen LogP contribution in [0.4, 0.5) is 4.79 Å². The lowest BCUT2D eigenvalue weighted by atomic mass is 9.84. The molecule has 6 atom stereocenters. The molecule has 332 valence electrons. The number of fused-ring (bicyclic) bond motifs is 5. The van der Waals surface area contributed by atoms with Gasteiger partial charge in [-0.2, -0.15) is 0 Å². The number of piperazine rings is 1. The molecule has 1 aromatic carbocycles. The van der Waals surface area contributed by atoms with Gasteiger partial charge in [0.1, 0.15) is 23.2 Å². The molecule has 0 radical (unpaired) electrons. The van der Waals surface area contributed by atoms with Gasteiger partial charge in [-0.15, -0.1) is 11.8 Å². The third-order valence-corrected chi connectivity index (χ3v) is 13.5. The Bertz CT molecular complexity index is 2110. The van der Waals surface area contributed by atoms with Gasteiger partial charge in [0.25, 0.3) is 5.91 Å². The second-order valence-electron chi connectivity index (χ2n) is 18.0. The number of nitrogens with one attached hydrogen (secondary N) is 2. The standard InChI is InChI=1S/C45H65N9O6S/c1-10-52-36-16-15-30-23-32(36)33(39(52)31-13-11-17-46-37(31)29(3)58-9)24-45(4,5)27-60-43(56)34-14-12-18-54(49-34)42(55)38(48-44(57)53-20-19-51(8)25-28(53)2)40(59-22-21-50(6)7)41-47-35(30)26-61-41/h11,13,15-17,23,28-29,34-35,38,40,49H,10,12,14,18-22,24-27H2,1-9H3,(H,48,57)/t28-,29-,34-,35?,38-,40-/m0/s1. The monoisotopic (exact) mass is 859 g/mol. The molecule has 7 rings (SSSR count). The van der Waals surface area contributed by atoms with E-state index in [1.54, 1.807) is 23.8 Å². The number of ether oxygens (including phenoxy) is 3. The molecule has 2 aromatic heterocycles. The van der Waals surface area contributed by atoms with Crippen molar-refractivity contribution in [1.82, 2.24) is 40.0 Å². The van der Waals surface area contributed by atoms with Crippen molar-refractivity contribution >= 4 is 45.6 Å². The number of rotatable bonds is 9. The largest absolute Gasteiger partial charge is 0.464 e. The Balaban J connectivity index is 1.37. The average molecular weight is 860 g/mol. The minimum Gasteiger partial charge on any atom is -0.464 e. The van der Waals surface area contributed by atoms with Crippen molar-refractivity contribution in [3.05, 3.63) is 53.3 Å². The van der Waals surface area contributed by atoms with Crippen LogP contribution in [0.3, 0.4) is 0 Å². The zero-order chi connectivity index (χ0) is 43.6. The van der Waals surface area contributed by atoms with Crippen LogP contribution in [0.2, 0.25) is 0 Å². The van der Waals surface area contributed by atoms with Crippen molar-refractivity contribution in [2.75, 3.05) is 79.9 Å². The van der Waals surface area contributed by atoms with Gasteiger partial charge < -0.3 is 38.8 Å². The third kappa shape index (κ3) is 9.79. The van der Waals surface area contributed by atoms with E-state index in [0.717, 1.165) is 58.6 Å². The molecule has 6 heterocycles. The Hall–Kier alpha value is -4.06. The Morgan fingerprint density at radius 1 is 1.18 bits per heavy atom. The van der Waals surface area contributed by atoms with Crippen molar-refractivity contribution in [3.63, 3.8) is 0 Å². The molecular weight excluding hydrogens is 795 g/mol. The van der Waals surface area contributed by atoms with Gasteiger partial charge in [0.15, 0.2) is 0 Å². The van der Waals surface area contributed by atoms with Gasteiger partial charge in [-0.3, -0.25) is 24.6 Å². The van der Waals surface area contributed by atoms with Crippen LogP contribution in [0.15, 0.2) is 41.5 Å². The molecule has 4 aliphatic rings. The first-order valence-corrected chi connectivity index (χ1v) is 22.8. The fourth-order valence-electron chi connectivity index (χ4n) is 9.01. The molecule has 3 amide bonds. The Morgan fingerprint density at radius 2 is 1.98 bits per heavy atom. The number of aryl methyl sites for hydroxylation is 1. The second-order valence-corrected chi connectivity index (χ2v) is 19.1. The number of pyridine rings is 1. The van der Waals surface area contributed by atoms with Crippen LogP contribution in [-0.4, -0.2) is 156 Å². The number of aliphatic imine (C=N–C) groups is 1. The molecular formula is C45H65N9O6S. The highest BCUT2D eigenvalue weighted by atomic mass is 32.2. The molecule has 15 nitrogen and oxygen atoms in total. The number of hydrogen-bond donors (Lipinski definition) is 2. The minimum atomic E-state index is -1.12. The molecule has 2 saturated heterocycles. The number of aromatic nitrogens is 2. The number of nitrogens with zero attached hydrogens (tertiary/aromatic N) is 7. The van der Waals surface area contributed by atoms with Crippen molar-refractivity contribution in [3.8, 4) is 11.3 Å². The molecule has 2 fully saturated rings. The molecule has 6 bridgehead atoms. The molecule has 0 saturated carbocycles. The molecule has 0 aliphatic carbocycles. The summed E-state index contributed by atoms with van der Waals surface area (Å²) in [5, 5.41) is 6.38. The quantitative estimate of drug-likeness (QED) is 0.284. The van der Waals surface area contributed by atoms with E-state index in [1.165, 1.54) is 5.01 Å². The van der Waals surface area contributed by atoms with Gasteiger partial charge in [-0.25, -0.2) is 10.2 Å². The number of benzene rings is 1. The van der Waals surface area contributed by atoms with Crippen LogP contribution in [0.1, 0.15) is 76.4 Å². The van der Waals surface area contributed by atoms with Crippen LogP contribution >= 0.6 is 11.8 Å². The van der Waals surface area contributed by atoms with Crippen molar-refractivity contribution < 1.29 is 28.6 Å². The molecule has 3 aromatic rings. The summed E-state index contributed by atoms with van der Waals surface area (Å²) in [6.45, 7) is 14.6. The molecule has 61 heavy (non-hydrogen) atoms. The Morgan fingerprint density at radius 3 is 2.72 bits per heavy atom. The zero-order valence-electron chi connectivity index (χ0n) is 37.4. The highest BCUT2D eigenvalue weighted by Crippen LogP contribution is 2.43. The SMILES string of the molecule is CCn1c(-c2cccnc2[C@H](C)OC)c2c3cc(ccc31)C1CSC(=N1)[C@@H](OCCN(C)C)[C@H](NC(=O)N1CCN(C)C[C@@H]1C)C(=O)N1CCC[C@H](N1)C(=O)OCC(C)(C)C2. The summed E-state index contributed by atoms with van der Waals surface area (Å²) in [5.74, 6) is -0.156. The van der Waals surface area contributed by atoms with E-state index >= 15 is 0 Å². The number of carbonyl (C=O) groups excluding carboxylic acids is 3. The zero-order valence-corrected chi connectivity index (χ0v) is 38.2. The minimum absolute atomic E-state index is 0.0590. The van der Waals surface area contributed by atoms with E-state index < -0.39 is 29.6 Å². The summed E-state index contributed by atoms with van der Waals surface area (Å²) in [6.07, 6.45) is 2.40. The van der Waals surface area contributed by atoms with E-state index in [-0.39, 0.29) is 36.7 Å². The fourth-order valence-corrected chi connectivity index (χ4v) is 10.2. The van der Waals surface area contributed by atoms with Gasteiger partial charge in [0, 0.05) is 86.3 Å². The maximum absolute atomic E-state index is 14.9. The molecule has 2 N–H and O–H groups in total. The van der Waals surface area contributed by atoms with E-state index in [9.17, 15) is 14.4 Å². The first kappa shape index (κ1) is 45.0. The Labute approximate surface area is 364 Å². The number of likely N-dealkylation sites (N-methyl/N-ethyl adjacent to an activating group) is 2. The number of cyclic esters (lactones) is 1. The Kier molecular flexibility index (Phi) is 14.1. The number of esters is 1. The van der Waals surface area contributed by atoms with Crippen LogP contribution in [-0.2, 0) is 36.8 Å². The molecule has 16 heteroatoms. The lowest BCUT2D eigenvalue weighted by Crippen LogP contribution is -2.65. The number of hydrogen-bond acceptors (Lipinski definition) is 12. The maximum atomic E-state index is 14.9. The highest BCUT2D eigenvalue weighted by Gasteiger charge is 2.43. The van der Waals surface area contributed by atoms with E-state index in [2.05, 4.69) is 65.2 Å². The van der Waals surface area contributed by atoms with Gasteiger partial charge in [-0.1, -0.05) is 19.9 Å². The number of urea groups is 1. The summed E-state index contributed by atoms with van der Waals surface area (Å²) >= 11 is 1.57. The summed E-state index contributed by atoms with van der Waals surface area (Å²) in [6, 6.07) is 8.23. The van der Waals surface area contributed by atoms with Crippen LogP contribution in [0.5, 0.6) is 0 Å². The number of thioether (sulfide) groups is 1. The molecule has 1 unspecified atom stereocenters. The summed E-state index contributed by atoms with van der Waals surface area (Å²) in [7, 11) is 7.69. The highest BCUT2D eigenvalue weighted by molar-refractivity contribution is 8.14. The van der Waals surface area contributed by atoms with E-state index in [1.807, 2.05) is 52.2 Å². The van der Waals surface area contributed by atoms with Crippen molar-refractivity contribution in [2.45, 2.75) is 96.8 Å². The fraction of sp³-hybridized carbons (Fsp3) is 0.622. The molecule has 0 spiro atoms. The van der Waals surface area contributed by atoms with E-state index in [0.29, 0.717) is 56.3 Å². The molecule has 4 aliphatic heterocycles. The first-order valence-electron chi connectivity index (χ1n) is 21.8. The predicted molar refractivity (Wildman–Crippen MR) is 239 cm³/mol. The summed E-state index contributed by atoms with van der Waals surface area (Å²) < 4.78 is 21.0. The number of hydrazine groups is 1. The predicted octanol–water partition coefficient (Wildman–Crippen LogP) is 4.90. The lowest BCUT2D eigenvalue weighted by Gasteiger charge is -2.40. The van der Waals surface area contributed by atoms with Crippen molar-refractivity contribution in [2.24, 2.45) is 10.4 Å². The summed E-state index contributed by atoms with van der Waals surface area (Å²) in [4.78, 5) is 59.3. The normalized spacial score (nSPS) is 25.7.